The lowest BCUT2D eigenvalue weighted by Crippen LogP contribution is -2.29. The summed E-state index contributed by atoms with van der Waals surface area (Å²) in [5.41, 5.74) is 4.97. The lowest BCUT2D eigenvalue weighted by Gasteiger charge is -2.12. The molecule has 2 rings (SSSR count). The third-order valence-corrected chi connectivity index (χ3v) is 5.13. The highest BCUT2D eigenvalue weighted by molar-refractivity contribution is 9.10. The Kier molecular flexibility index (Phi) is 7.25. The van der Waals surface area contributed by atoms with E-state index in [1.807, 2.05) is 12.1 Å². The number of nitrogens with one attached hydrogen (secondary N) is 2. The van der Waals surface area contributed by atoms with E-state index < -0.39 is 0 Å². The van der Waals surface area contributed by atoms with Crippen LogP contribution in [0.3, 0.4) is 0 Å². The first-order valence-electron chi connectivity index (χ1n) is 8.35. The Morgan fingerprint density at radius 1 is 1.12 bits per heavy atom. The van der Waals surface area contributed by atoms with Crippen LogP contribution in [0.1, 0.15) is 42.9 Å². The maximum Gasteiger partial charge on any atom is 0.170 e. The molecule has 24 heavy (non-hydrogen) atoms. The highest BCUT2D eigenvalue weighted by Gasteiger charge is 2.01. The van der Waals surface area contributed by atoms with Gasteiger partial charge in [0.2, 0.25) is 0 Å². The smallest absolute Gasteiger partial charge is 0.170 e. The number of anilines is 1. The highest BCUT2D eigenvalue weighted by Crippen LogP contribution is 2.20. The molecule has 0 heterocycles. The molecule has 0 aliphatic carbocycles. The first kappa shape index (κ1) is 18.9. The summed E-state index contributed by atoms with van der Waals surface area (Å²) < 4.78 is 1.11. The monoisotopic (exact) mass is 404 g/mol. The predicted molar refractivity (Wildman–Crippen MR) is 112 cm³/mol. The molecular formula is C20H25BrN2S. The van der Waals surface area contributed by atoms with Gasteiger partial charge in [0.05, 0.1) is 0 Å². The van der Waals surface area contributed by atoms with Crippen LogP contribution in [0.2, 0.25) is 0 Å². The van der Waals surface area contributed by atoms with Crippen molar-refractivity contribution in [2.24, 2.45) is 0 Å². The van der Waals surface area contributed by atoms with E-state index >= 15 is 0 Å². The fraction of sp³-hybridized carbons (Fsp3) is 0.350. The van der Waals surface area contributed by atoms with Gasteiger partial charge in [0, 0.05) is 16.7 Å². The van der Waals surface area contributed by atoms with Crippen molar-refractivity contribution in [3.05, 3.63) is 63.6 Å². The molecule has 0 saturated heterocycles. The quantitative estimate of drug-likeness (QED) is 0.469. The lowest BCUT2D eigenvalue weighted by molar-refractivity contribution is 0.776. The van der Waals surface area contributed by atoms with Gasteiger partial charge in [-0.25, -0.2) is 0 Å². The molecule has 2 nitrogen and oxygen atoms in total. The summed E-state index contributed by atoms with van der Waals surface area (Å²) >= 11 is 8.86. The van der Waals surface area contributed by atoms with Crippen molar-refractivity contribution in [3.63, 3.8) is 0 Å². The Morgan fingerprint density at radius 3 is 2.46 bits per heavy atom. The van der Waals surface area contributed by atoms with E-state index in [1.165, 1.54) is 16.7 Å². The second-order valence-electron chi connectivity index (χ2n) is 6.34. The second kappa shape index (κ2) is 9.19. The van der Waals surface area contributed by atoms with Gasteiger partial charge >= 0.3 is 0 Å². The molecule has 0 atom stereocenters. The van der Waals surface area contributed by atoms with Crippen LogP contribution in [0.5, 0.6) is 0 Å². The van der Waals surface area contributed by atoms with Crippen molar-refractivity contribution in [1.29, 1.82) is 0 Å². The summed E-state index contributed by atoms with van der Waals surface area (Å²) in [5.74, 6) is 0.589. The largest absolute Gasteiger partial charge is 0.362 e. The van der Waals surface area contributed by atoms with Crippen molar-refractivity contribution in [2.75, 3.05) is 11.9 Å². The molecule has 0 bridgehead atoms. The van der Waals surface area contributed by atoms with Gasteiger partial charge in [0.15, 0.2) is 5.11 Å². The SMILES string of the molecule is Cc1cc(NC(=S)NCCCc2ccc(C(C)C)cc2)ccc1Br. The normalized spacial score (nSPS) is 10.7. The average molecular weight is 405 g/mol. The van der Waals surface area contributed by atoms with E-state index in [9.17, 15) is 0 Å². The molecule has 0 spiro atoms. The summed E-state index contributed by atoms with van der Waals surface area (Å²) in [6.45, 7) is 7.38. The molecule has 0 saturated carbocycles. The number of aryl methyl sites for hydroxylation is 2. The van der Waals surface area contributed by atoms with Crippen LogP contribution in [-0.2, 0) is 6.42 Å². The first-order chi connectivity index (χ1) is 11.5. The van der Waals surface area contributed by atoms with Crippen LogP contribution in [0, 0.1) is 6.92 Å². The van der Waals surface area contributed by atoms with Gasteiger partial charge in [-0.05, 0) is 72.8 Å². The fourth-order valence-corrected chi connectivity index (χ4v) is 2.93. The summed E-state index contributed by atoms with van der Waals surface area (Å²) in [4.78, 5) is 0. The molecule has 0 fully saturated rings. The molecule has 128 valence electrons. The first-order valence-corrected chi connectivity index (χ1v) is 9.55. The van der Waals surface area contributed by atoms with Gasteiger partial charge in [-0.15, -0.1) is 0 Å². The number of thiocarbonyl (C=S) groups is 1. The van der Waals surface area contributed by atoms with Gasteiger partial charge in [-0.2, -0.15) is 0 Å². The Bertz CT molecular complexity index is 681. The van der Waals surface area contributed by atoms with E-state index in [-0.39, 0.29) is 0 Å². The number of hydrogen-bond acceptors (Lipinski definition) is 1. The Hall–Kier alpha value is -1.39. The van der Waals surface area contributed by atoms with Gasteiger partial charge < -0.3 is 10.6 Å². The van der Waals surface area contributed by atoms with Crippen LogP contribution in [0.25, 0.3) is 0 Å². The van der Waals surface area contributed by atoms with Crippen LogP contribution >= 0.6 is 28.1 Å². The summed E-state index contributed by atoms with van der Waals surface area (Å²) in [6, 6.07) is 15.1. The minimum absolute atomic E-state index is 0.589. The van der Waals surface area contributed by atoms with Gasteiger partial charge in [0.1, 0.15) is 0 Å². The second-order valence-corrected chi connectivity index (χ2v) is 7.61. The molecule has 2 aromatic carbocycles. The molecule has 2 aromatic rings. The molecule has 0 aromatic heterocycles. The number of hydrogen-bond donors (Lipinski definition) is 2. The molecule has 0 radical (unpaired) electrons. The van der Waals surface area contributed by atoms with Crippen molar-refractivity contribution in [2.45, 2.75) is 39.5 Å². The van der Waals surface area contributed by atoms with Crippen LogP contribution in [0.15, 0.2) is 46.9 Å². The van der Waals surface area contributed by atoms with Crippen molar-refractivity contribution >= 4 is 38.9 Å². The summed E-state index contributed by atoms with van der Waals surface area (Å²) in [6.07, 6.45) is 2.12. The van der Waals surface area contributed by atoms with E-state index in [4.69, 9.17) is 12.2 Å². The molecule has 4 heteroatoms. The number of rotatable bonds is 6. The zero-order valence-electron chi connectivity index (χ0n) is 14.5. The Labute approximate surface area is 159 Å². The summed E-state index contributed by atoms with van der Waals surface area (Å²) in [7, 11) is 0. The number of halogens is 1. The zero-order chi connectivity index (χ0) is 17.5. The zero-order valence-corrected chi connectivity index (χ0v) is 16.9. The van der Waals surface area contributed by atoms with E-state index in [0.29, 0.717) is 11.0 Å². The standard InChI is InChI=1S/C20H25BrN2S/c1-14(2)17-8-6-16(7-9-17)5-4-12-22-20(24)23-18-10-11-19(21)15(3)13-18/h6-11,13-14H,4-5,12H2,1-3H3,(H2,22,23,24). The van der Waals surface area contributed by atoms with Gasteiger partial charge in [-0.3, -0.25) is 0 Å². The predicted octanol–water partition coefficient (Wildman–Crippen LogP) is 5.80. The molecule has 0 unspecified atom stereocenters. The summed E-state index contributed by atoms with van der Waals surface area (Å²) in [5, 5.41) is 7.17. The minimum Gasteiger partial charge on any atom is -0.362 e. The van der Waals surface area contributed by atoms with Gasteiger partial charge in [-0.1, -0.05) is 54.0 Å². The molecular weight excluding hydrogens is 380 g/mol. The van der Waals surface area contributed by atoms with E-state index in [2.05, 4.69) is 77.7 Å². The maximum atomic E-state index is 5.35. The third kappa shape index (κ3) is 5.91. The molecule has 0 amide bonds. The Morgan fingerprint density at radius 2 is 1.83 bits per heavy atom. The van der Waals surface area contributed by atoms with Crippen LogP contribution in [-0.4, -0.2) is 11.7 Å². The van der Waals surface area contributed by atoms with E-state index in [1.54, 1.807) is 0 Å². The maximum absolute atomic E-state index is 5.35. The molecule has 0 aliphatic heterocycles. The minimum atomic E-state index is 0.589. The topological polar surface area (TPSA) is 24.1 Å². The molecule has 2 N–H and O–H groups in total. The van der Waals surface area contributed by atoms with Crippen LogP contribution < -0.4 is 10.6 Å². The van der Waals surface area contributed by atoms with Crippen LogP contribution in [0.4, 0.5) is 5.69 Å². The van der Waals surface area contributed by atoms with E-state index in [0.717, 1.165) is 29.5 Å². The average Bonchev–Trinajstić information content (AvgIpc) is 2.55. The third-order valence-electron chi connectivity index (χ3n) is 3.99. The fourth-order valence-electron chi connectivity index (χ4n) is 2.46. The number of benzene rings is 2. The lowest BCUT2D eigenvalue weighted by atomic mass is 10.0. The van der Waals surface area contributed by atoms with Gasteiger partial charge in [0.25, 0.3) is 0 Å². The van der Waals surface area contributed by atoms with Crippen molar-refractivity contribution in [1.82, 2.24) is 5.32 Å². The molecule has 0 aliphatic rings. The highest BCUT2D eigenvalue weighted by atomic mass is 79.9. The van der Waals surface area contributed by atoms with Crippen molar-refractivity contribution in [3.8, 4) is 0 Å². The Balaban J connectivity index is 1.71. The van der Waals surface area contributed by atoms with Crippen molar-refractivity contribution < 1.29 is 0 Å².